The number of piperidine rings is 1. The Labute approximate surface area is 172 Å². The Kier molecular flexibility index (Phi) is 5.97. The van der Waals surface area contributed by atoms with Gasteiger partial charge in [0, 0.05) is 36.7 Å². The van der Waals surface area contributed by atoms with Crippen LogP contribution in [0.5, 0.6) is 5.75 Å². The minimum Gasteiger partial charge on any atom is -0.492 e. The van der Waals surface area contributed by atoms with Crippen LogP contribution in [0, 0.1) is 11.3 Å². The molecule has 1 aliphatic heterocycles. The molecule has 0 aromatic heterocycles. The maximum absolute atomic E-state index is 9.37. The fourth-order valence-electron chi connectivity index (χ4n) is 4.11. The van der Waals surface area contributed by atoms with Crippen LogP contribution >= 0.6 is 0 Å². The van der Waals surface area contributed by atoms with E-state index in [9.17, 15) is 5.26 Å². The van der Waals surface area contributed by atoms with Gasteiger partial charge in [0.2, 0.25) is 0 Å². The van der Waals surface area contributed by atoms with Gasteiger partial charge in [0.05, 0.1) is 12.2 Å². The van der Waals surface area contributed by atoms with Crippen molar-refractivity contribution >= 4 is 16.5 Å². The van der Waals surface area contributed by atoms with E-state index in [4.69, 9.17) is 4.74 Å². The second kappa shape index (κ2) is 8.98. The van der Waals surface area contributed by atoms with Crippen LogP contribution in [0.1, 0.15) is 30.9 Å². The Morgan fingerprint density at radius 1 is 1.07 bits per heavy atom. The lowest BCUT2D eigenvalue weighted by Gasteiger charge is -2.33. The summed E-state index contributed by atoms with van der Waals surface area (Å²) >= 11 is 0. The first-order valence-electron chi connectivity index (χ1n) is 10.4. The first-order chi connectivity index (χ1) is 14.3. The van der Waals surface area contributed by atoms with E-state index in [0.717, 1.165) is 32.5 Å². The predicted octanol–water partition coefficient (Wildman–Crippen LogP) is 5.19. The third-order valence-electron chi connectivity index (χ3n) is 5.61. The molecule has 0 radical (unpaired) electrons. The van der Waals surface area contributed by atoms with E-state index in [-0.39, 0.29) is 0 Å². The van der Waals surface area contributed by atoms with Gasteiger partial charge in [-0.2, -0.15) is 5.26 Å². The Morgan fingerprint density at radius 3 is 2.66 bits per heavy atom. The number of hydrogen-bond donors (Lipinski definition) is 1. The van der Waals surface area contributed by atoms with Gasteiger partial charge in [0.15, 0.2) is 0 Å². The van der Waals surface area contributed by atoms with E-state index in [1.54, 1.807) is 0 Å². The second-order valence-electron chi connectivity index (χ2n) is 7.60. The van der Waals surface area contributed by atoms with Gasteiger partial charge >= 0.3 is 0 Å². The Hall–Kier alpha value is -3.03. The number of ether oxygens (including phenoxy) is 1. The maximum atomic E-state index is 9.37. The molecular formula is C25H27N3O. The zero-order chi connectivity index (χ0) is 20.1. The number of hydrogen-bond acceptors (Lipinski definition) is 4. The zero-order valence-electron chi connectivity index (χ0n) is 16.9. The van der Waals surface area contributed by atoms with E-state index in [2.05, 4.69) is 64.8 Å². The molecule has 1 aliphatic rings. The number of anilines is 1. The molecule has 0 bridgehead atoms. The molecule has 0 atom stereocenters. The first-order valence-corrected chi connectivity index (χ1v) is 10.4. The van der Waals surface area contributed by atoms with Gasteiger partial charge < -0.3 is 10.1 Å². The third kappa shape index (κ3) is 4.52. The number of nitrogens with zero attached hydrogens (tertiary/aromatic N) is 2. The Balaban J connectivity index is 1.36. The largest absolute Gasteiger partial charge is 0.492 e. The highest BCUT2D eigenvalue weighted by Gasteiger charge is 2.20. The minimum absolute atomic E-state index is 0.493. The van der Waals surface area contributed by atoms with E-state index in [1.807, 2.05) is 19.1 Å². The van der Waals surface area contributed by atoms with E-state index < -0.39 is 0 Å². The molecular weight excluding hydrogens is 358 g/mol. The summed E-state index contributed by atoms with van der Waals surface area (Å²) in [4.78, 5) is 2.47. The molecule has 3 aromatic rings. The smallest absolute Gasteiger partial charge is 0.137 e. The minimum atomic E-state index is 0.493. The molecule has 1 N–H and O–H groups in total. The summed E-state index contributed by atoms with van der Waals surface area (Å²) in [6.07, 6.45) is 2.23. The molecule has 4 heteroatoms. The van der Waals surface area contributed by atoms with Gasteiger partial charge in [-0.05, 0) is 48.9 Å². The van der Waals surface area contributed by atoms with Gasteiger partial charge in [-0.25, -0.2) is 0 Å². The standard InChI is InChI=1S/C25H27N3O/c1-2-29-25-11-10-19(16-21(25)17-26)18-28-14-12-22(13-15-28)27-24-9-5-7-20-6-3-4-8-23(20)24/h3-11,16,22,27H,2,12-15,18H2,1H3. The number of nitrogens with one attached hydrogen (secondary N) is 1. The zero-order valence-corrected chi connectivity index (χ0v) is 16.9. The average Bonchev–Trinajstić information content (AvgIpc) is 2.76. The highest BCUT2D eigenvalue weighted by Crippen LogP contribution is 2.26. The van der Waals surface area contributed by atoms with Crippen LogP contribution in [-0.2, 0) is 6.54 Å². The van der Waals surface area contributed by atoms with Crippen LogP contribution in [0.15, 0.2) is 60.7 Å². The van der Waals surface area contributed by atoms with Crippen LogP contribution in [0.2, 0.25) is 0 Å². The van der Waals surface area contributed by atoms with Gasteiger partial charge in [0.25, 0.3) is 0 Å². The highest BCUT2D eigenvalue weighted by molar-refractivity contribution is 5.93. The molecule has 148 valence electrons. The molecule has 0 amide bonds. The number of likely N-dealkylation sites (tertiary alicyclic amines) is 1. The molecule has 1 fully saturated rings. The predicted molar refractivity (Wildman–Crippen MR) is 118 cm³/mol. The van der Waals surface area contributed by atoms with Crippen molar-refractivity contribution in [1.29, 1.82) is 5.26 Å². The number of nitriles is 1. The molecule has 1 saturated heterocycles. The van der Waals surface area contributed by atoms with Gasteiger partial charge in [0.1, 0.15) is 11.8 Å². The van der Waals surface area contributed by atoms with Crippen molar-refractivity contribution in [3.05, 3.63) is 71.8 Å². The SMILES string of the molecule is CCOc1ccc(CN2CCC(Nc3cccc4ccccc34)CC2)cc1C#N. The number of rotatable bonds is 6. The molecule has 0 unspecified atom stereocenters. The molecule has 0 aliphatic carbocycles. The molecule has 29 heavy (non-hydrogen) atoms. The normalized spacial score (nSPS) is 15.2. The highest BCUT2D eigenvalue weighted by atomic mass is 16.5. The summed E-state index contributed by atoms with van der Waals surface area (Å²) in [6, 6.07) is 23.7. The molecule has 4 rings (SSSR count). The molecule has 3 aromatic carbocycles. The quantitative estimate of drug-likeness (QED) is 0.635. The molecule has 1 heterocycles. The summed E-state index contributed by atoms with van der Waals surface area (Å²) in [5.41, 5.74) is 3.02. The summed E-state index contributed by atoms with van der Waals surface area (Å²) in [5, 5.41) is 15.7. The number of benzene rings is 3. The van der Waals surface area contributed by atoms with Crippen molar-refractivity contribution in [3.8, 4) is 11.8 Å². The van der Waals surface area contributed by atoms with Crippen LogP contribution in [0.4, 0.5) is 5.69 Å². The van der Waals surface area contributed by atoms with E-state index in [0.29, 0.717) is 24.0 Å². The van der Waals surface area contributed by atoms with Crippen LogP contribution in [-0.4, -0.2) is 30.6 Å². The summed E-state index contributed by atoms with van der Waals surface area (Å²) in [7, 11) is 0. The van der Waals surface area contributed by atoms with Crippen LogP contribution in [0.25, 0.3) is 10.8 Å². The lowest BCUT2D eigenvalue weighted by atomic mass is 10.0. The van der Waals surface area contributed by atoms with Gasteiger partial charge in [-0.1, -0.05) is 42.5 Å². The van der Waals surface area contributed by atoms with Gasteiger partial charge in [-0.3, -0.25) is 4.90 Å². The number of fused-ring (bicyclic) bond motifs is 1. The summed E-state index contributed by atoms with van der Waals surface area (Å²) in [5.74, 6) is 0.678. The van der Waals surface area contributed by atoms with Crippen molar-refractivity contribution in [1.82, 2.24) is 4.90 Å². The monoisotopic (exact) mass is 385 g/mol. The van der Waals surface area contributed by atoms with Crippen LogP contribution < -0.4 is 10.1 Å². The lowest BCUT2D eigenvalue weighted by molar-refractivity contribution is 0.211. The Bertz CT molecular complexity index is 1010. The lowest BCUT2D eigenvalue weighted by Crippen LogP contribution is -2.38. The second-order valence-corrected chi connectivity index (χ2v) is 7.60. The van der Waals surface area contributed by atoms with Crippen LogP contribution in [0.3, 0.4) is 0 Å². The van der Waals surface area contributed by atoms with Crippen molar-refractivity contribution < 1.29 is 4.74 Å². The van der Waals surface area contributed by atoms with E-state index in [1.165, 1.54) is 22.0 Å². The average molecular weight is 386 g/mol. The maximum Gasteiger partial charge on any atom is 0.137 e. The summed E-state index contributed by atoms with van der Waals surface area (Å²) in [6.45, 7) is 5.49. The third-order valence-corrected chi connectivity index (χ3v) is 5.61. The van der Waals surface area contributed by atoms with Crippen molar-refractivity contribution in [2.24, 2.45) is 0 Å². The van der Waals surface area contributed by atoms with Crippen molar-refractivity contribution in [2.75, 3.05) is 25.0 Å². The van der Waals surface area contributed by atoms with Crippen molar-refractivity contribution in [2.45, 2.75) is 32.4 Å². The molecule has 0 saturated carbocycles. The fourth-order valence-corrected chi connectivity index (χ4v) is 4.11. The van der Waals surface area contributed by atoms with Crippen molar-refractivity contribution in [3.63, 3.8) is 0 Å². The van der Waals surface area contributed by atoms with E-state index >= 15 is 0 Å². The first kappa shape index (κ1) is 19.3. The topological polar surface area (TPSA) is 48.3 Å². The fraction of sp³-hybridized carbons (Fsp3) is 0.320. The van der Waals surface area contributed by atoms with Gasteiger partial charge in [-0.15, -0.1) is 0 Å². The molecule has 4 nitrogen and oxygen atoms in total. The Morgan fingerprint density at radius 2 is 1.86 bits per heavy atom. The summed E-state index contributed by atoms with van der Waals surface area (Å²) < 4.78 is 5.53. The molecule has 0 spiro atoms.